The minimum atomic E-state index is -0.825. The second-order valence-corrected chi connectivity index (χ2v) is 2.94. The Labute approximate surface area is 72.0 Å². The van der Waals surface area contributed by atoms with Gasteiger partial charge in [-0.25, -0.2) is 0 Å². The molecule has 0 aromatic rings. The molecule has 4 heteroatoms. The molecule has 0 aliphatic carbocycles. The summed E-state index contributed by atoms with van der Waals surface area (Å²) in [6.07, 6.45) is 0.603. The highest BCUT2D eigenvalue weighted by atomic mass is 16.4. The third-order valence-electron chi connectivity index (χ3n) is 1.39. The smallest absolute Gasteiger partial charge is 0.303 e. The summed E-state index contributed by atoms with van der Waals surface area (Å²) in [6.45, 7) is 4.04. The van der Waals surface area contributed by atoms with Crippen molar-refractivity contribution < 1.29 is 14.7 Å². The van der Waals surface area contributed by atoms with Crippen molar-refractivity contribution in [1.82, 2.24) is 5.32 Å². The Hall–Kier alpha value is -1.06. The lowest BCUT2D eigenvalue weighted by Gasteiger charge is -2.05. The van der Waals surface area contributed by atoms with E-state index in [9.17, 15) is 9.59 Å². The van der Waals surface area contributed by atoms with Gasteiger partial charge in [0.2, 0.25) is 5.91 Å². The van der Waals surface area contributed by atoms with Crippen LogP contribution in [-0.2, 0) is 9.59 Å². The molecular weight excluding hydrogens is 158 g/mol. The van der Waals surface area contributed by atoms with Gasteiger partial charge >= 0.3 is 5.97 Å². The molecule has 70 valence electrons. The fourth-order valence-electron chi connectivity index (χ4n) is 0.655. The van der Waals surface area contributed by atoms with Gasteiger partial charge in [0.15, 0.2) is 0 Å². The third kappa shape index (κ3) is 5.70. The van der Waals surface area contributed by atoms with Gasteiger partial charge in [0.25, 0.3) is 0 Å². The molecule has 0 aliphatic rings. The lowest BCUT2D eigenvalue weighted by atomic mass is 10.2. The van der Waals surface area contributed by atoms with Crippen LogP contribution < -0.4 is 5.32 Å². The van der Waals surface area contributed by atoms with E-state index < -0.39 is 5.97 Å². The molecule has 0 spiro atoms. The predicted octanol–water partition coefficient (Wildman–Crippen LogP) is 0.623. The van der Waals surface area contributed by atoms with Crippen LogP contribution in [0.5, 0.6) is 0 Å². The number of amides is 1. The molecule has 0 atom stereocenters. The number of carbonyl (C=O) groups is 2. The first-order valence-corrected chi connectivity index (χ1v) is 4.03. The van der Waals surface area contributed by atoms with E-state index in [-0.39, 0.29) is 18.2 Å². The first-order chi connectivity index (χ1) is 5.54. The molecule has 0 saturated heterocycles. The summed E-state index contributed by atoms with van der Waals surface area (Å²) in [5.74, 6) is -0.885. The van der Waals surface area contributed by atoms with Crippen LogP contribution in [0.2, 0.25) is 0 Å². The highest BCUT2D eigenvalue weighted by molar-refractivity contribution is 5.77. The van der Waals surface area contributed by atoms with E-state index in [0.29, 0.717) is 13.0 Å². The number of hydrogen-bond donors (Lipinski definition) is 2. The van der Waals surface area contributed by atoms with Gasteiger partial charge in [-0.2, -0.15) is 0 Å². The molecule has 0 radical (unpaired) electrons. The van der Waals surface area contributed by atoms with Crippen molar-refractivity contribution in [2.75, 3.05) is 6.54 Å². The Morgan fingerprint density at radius 3 is 2.42 bits per heavy atom. The monoisotopic (exact) mass is 173 g/mol. The first kappa shape index (κ1) is 10.9. The Morgan fingerprint density at radius 1 is 1.42 bits per heavy atom. The van der Waals surface area contributed by atoms with E-state index in [4.69, 9.17) is 5.11 Å². The quantitative estimate of drug-likeness (QED) is 0.599. The second-order valence-electron chi connectivity index (χ2n) is 2.94. The highest BCUT2D eigenvalue weighted by Crippen LogP contribution is 1.91. The fourth-order valence-corrected chi connectivity index (χ4v) is 0.655. The van der Waals surface area contributed by atoms with Gasteiger partial charge in [0, 0.05) is 18.9 Å². The lowest BCUT2D eigenvalue weighted by Crippen LogP contribution is -2.28. The molecule has 0 aromatic carbocycles. The molecule has 0 unspecified atom stereocenters. The molecule has 1 amide bonds. The Balaban J connectivity index is 3.32. The number of carbonyl (C=O) groups excluding carboxylic acids is 1. The summed E-state index contributed by atoms with van der Waals surface area (Å²) >= 11 is 0. The zero-order chi connectivity index (χ0) is 9.56. The zero-order valence-corrected chi connectivity index (χ0v) is 7.46. The van der Waals surface area contributed by atoms with Crippen molar-refractivity contribution in [2.24, 2.45) is 5.92 Å². The van der Waals surface area contributed by atoms with Gasteiger partial charge in [0.1, 0.15) is 0 Å². The molecule has 2 N–H and O–H groups in total. The summed E-state index contributed by atoms with van der Waals surface area (Å²) in [7, 11) is 0. The van der Waals surface area contributed by atoms with Gasteiger partial charge in [-0.15, -0.1) is 0 Å². The normalized spacial score (nSPS) is 9.92. The van der Waals surface area contributed by atoms with Crippen LogP contribution in [0.15, 0.2) is 0 Å². The van der Waals surface area contributed by atoms with Crippen LogP contribution >= 0.6 is 0 Å². The number of rotatable bonds is 5. The van der Waals surface area contributed by atoms with Gasteiger partial charge < -0.3 is 10.4 Å². The summed E-state index contributed by atoms with van der Waals surface area (Å²) in [4.78, 5) is 21.0. The Kier molecular flexibility index (Phi) is 5.08. The average molecular weight is 173 g/mol. The third-order valence-corrected chi connectivity index (χ3v) is 1.39. The van der Waals surface area contributed by atoms with E-state index in [1.807, 2.05) is 0 Å². The molecule has 0 saturated carbocycles. The number of nitrogens with one attached hydrogen (secondary N) is 1. The number of aliphatic carboxylic acids is 1. The van der Waals surface area contributed by atoms with Crippen LogP contribution in [0.3, 0.4) is 0 Å². The van der Waals surface area contributed by atoms with E-state index in [0.717, 1.165) is 0 Å². The van der Waals surface area contributed by atoms with Crippen molar-refractivity contribution in [3.8, 4) is 0 Å². The molecule has 0 bridgehead atoms. The molecule has 0 rings (SSSR count). The van der Waals surface area contributed by atoms with Crippen LogP contribution in [0.4, 0.5) is 0 Å². The van der Waals surface area contributed by atoms with E-state index >= 15 is 0 Å². The summed E-state index contributed by atoms with van der Waals surface area (Å²) in [5.41, 5.74) is 0. The minimum absolute atomic E-state index is 0.0274. The van der Waals surface area contributed by atoms with Crippen molar-refractivity contribution in [1.29, 1.82) is 0 Å². The lowest BCUT2D eigenvalue weighted by molar-refractivity contribution is -0.137. The van der Waals surface area contributed by atoms with Gasteiger partial charge in [-0.3, -0.25) is 9.59 Å². The molecule has 0 aromatic heterocycles. The number of hydrogen-bond acceptors (Lipinski definition) is 2. The van der Waals surface area contributed by atoms with Crippen LogP contribution in [-0.4, -0.2) is 23.5 Å². The average Bonchev–Trinajstić information content (AvgIpc) is 1.97. The Morgan fingerprint density at radius 2 is 2.00 bits per heavy atom. The van der Waals surface area contributed by atoms with Crippen LogP contribution in [0, 0.1) is 5.92 Å². The molecule has 12 heavy (non-hydrogen) atoms. The standard InChI is InChI=1S/C8H15NO3/c1-6(2)8(12)9-5-3-4-7(10)11/h6H,3-5H2,1-2H3,(H,9,12)(H,10,11). The van der Waals surface area contributed by atoms with Gasteiger partial charge in [-0.05, 0) is 6.42 Å². The van der Waals surface area contributed by atoms with Crippen molar-refractivity contribution in [3.63, 3.8) is 0 Å². The molecule has 0 fully saturated rings. The maximum atomic E-state index is 10.9. The minimum Gasteiger partial charge on any atom is -0.481 e. The summed E-state index contributed by atoms with van der Waals surface area (Å²) in [5, 5.41) is 10.9. The van der Waals surface area contributed by atoms with Gasteiger partial charge in [-0.1, -0.05) is 13.8 Å². The largest absolute Gasteiger partial charge is 0.481 e. The maximum Gasteiger partial charge on any atom is 0.303 e. The highest BCUT2D eigenvalue weighted by Gasteiger charge is 2.05. The fraction of sp³-hybridized carbons (Fsp3) is 0.750. The van der Waals surface area contributed by atoms with E-state index in [1.165, 1.54) is 0 Å². The predicted molar refractivity (Wildman–Crippen MR) is 44.7 cm³/mol. The number of carboxylic acids is 1. The van der Waals surface area contributed by atoms with E-state index in [2.05, 4.69) is 5.32 Å². The Bertz CT molecular complexity index is 166. The van der Waals surface area contributed by atoms with E-state index in [1.54, 1.807) is 13.8 Å². The molecule has 0 heterocycles. The van der Waals surface area contributed by atoms with Crippen molar-refractivity contribution in [3.05, 3.63) is 0 Å². The second kappa shape index (κ2) is 5.57. The summed E-state index contributed by atoms with van der Waals surface area (Å²) in [6, 6.07) is 0. The van der Waals surface area contributed by atoms with Crippen LogP contribution in [0.25, 0.3) is 0 Å². The molecule has 0 aliphatic heterocycles. The topological polar surface area (TPSA) is 66.4 Å². The van der Waals surface area contributed by atoms with Crippen molar-refractivity contribution in [2.45, 2.75) is 26.7 Å². The zero-order valence-electron chi connectivity index (χ0n) is 7.46. The molecule has 4 nitrogen and oxygen atoms in total. The van der Waals surface area contributed by atoms with Gasteiger partial charge in [0.05, 0.1) is 0 Å². The number of carboxylic acid groups (broad SMARTS) is 1. The summed E-state index contributed by atoms with van der Waals surface area (Å²) < 4.78 is 0. The van der Waals surface area contributed by atoms with Crippen molar-refractivity contribution >= 4 is 11.9 Å². The molecular formula is C8H15NO3. The van der Waals surface area contributed by atoms with Crippen LogP contribution in [0.1, 0.15) is 26.7 Å². The first-order valence-electron chi connectivity index (χ1n) is 4.03. The maximum absolute atomic E-state index is 10.9. The SMILES string of the molecule is CC(C)C(=O)NCCCC(=O)O.